The maximum absolute atomic E-state index is 12.2. The van der Waals surface area contributed by atoms with Crippen molar-refractivity contribution in [1.82, 2.24) is 5.32 Å². The summed E-state index contributed by atoms with van der Waals surface area (Å²) in [4.78, 5) is 12.2. The molecule has 0 aromatic heterocycles. The smallest absolute Gasteiger partial charge is 0.251 e. The Morgan fingerprint density at radius 3 is 2.60 bits per heavy atom. The van der Waals surface area contributed by atoms with Crippen LogP contribution in [0.2, 0.25) is 0 Å². The second-order valence-corrected chi connectivity index (χ2v) is 6.29. The molecule has 1 amide bonds. The quantitative estimate of drug-likeness (QED) is 0.915. The van der Waals surface area contributed by atoms with Crippen molar-refractivity contribution in [3.63, 3.8) is 0 Å². The van der Waals surface area contributed by atoms with Gasteiger partial charge in [0.2, 0.25) is 0 Å². The van der Waals surface area contributed by atoms with E-state index in [2.05, 4.69) is 18.3 Å². The van der Waals surface area contributed by atoms with E-state index in [1.165, 1.54) is 25.7 Å². The Hall–Kier alpha value is -1.82. The molecule has 3 rings (SSSR count). The summed E-state index contributed by atoms with van der Waals surface area (Å²) in [5.41, 5.74) is 1.22. The third kappa shape index (κ3) is 2.43. The van der Waals surface area contributed by atoms with Gasteiger partial charge in [-0.1, -0.05) is 6.42 Å². The number of nitrogens with zero attached hydrogens (tertiary/aromatic N) is 1. The Morgan fingerprint density at radius 2 is 2.05 bits per heavy atom. The maximum atomic E-state index is 12.2. The number of fused-ring (bicyclic) bond motifs is 2. The van der Waals surface area contributed by atoms with Gasteiger partial charge in [-0.3, -0.25) is 4.79 Å². The molecule has 2 fully saturated rings. The molecule has 2 saturated carbocycles. The maximum Gasteiger partial charge on any atom is 0.251 e. The van der Waals surface area contributed by atoms with Crippen LogP contribution in [0.15, 0.2) is 24.3 Å². The van der Waals surface area contributed by atoms with E-state index in [0.29, 0.717) is 17.0 Å². The molecule has 104 valence electrons. The fourth-order valence-electron chi connectivity index (χ4n) is 4.00. The Bertz CT molecular complexity index is 543. The van der Waals surface area contributed by atoms with Crippen LogP contribution >= 0.6 is 0 Å². The van der Waals surface area contributed by atoms with Gasteiger partial charge in [-0.05, 0) is 68.2 Å². The molecule has 2 aliphatic carbocycles. The number of amides is 1. The predicted molar refractivity (Wildman–Crippen MR) is 77.0 cm³/mol. The minimum atomic E-state index is -0.0234. The second-order valence-electron chi connectivity index (χ2n) is 6.29. The number of nitriles is 1. The van der Waals surface area contributed by atoms with Crippen LogP contribution in [0.4, 0.5) is 0 Å². The molecule has 3 nitrogen and oxygen atoms in total. The van der Waals surface area contributed by atoms with E-state index in [1.54, 1.807) is 24.3 Å². The van der Waals surface area contributed by atoms with Crippen molar-refractivity contribution in [1.29, 1.82) is 5.26 Å². The molecule has 2 aliphatic rings. The average Bonchev–Trinajstić information content (AvgIpc) is 3.10. The average molecular weight is 268 g/mol. The SMILES string of the molecule is C[C@H](NC(=O)c1ccc(C#N)cc1)[C@@H]1C[C@H]2CC[C@H]1C2. The zero-order valence-electron chi connectivity index (χ0n) is 11.8. The minimum absolute atomic E-state index is 0.0234. The lowest BCUT2D eigenvalue weighted by Gasteiger charge is -2.28. The van der Waals surface area contributed by atoms with E-state index < -0.39 is 0 Å². The first-order valence-electron chi connectivity index (χ1n) is 7.48. The van der Waals surface area contributed by atoms with Crippen molar-refractivity contribution in [2.24, 2.45) is 17.8 Å². The van der Waals surface area contributed by atoms with Crippen LogP contribution in [-0.4, -0.2) is 11.9 Å². The summed E-state index contributed by atoms with van der Waals surface area (Å²) in [6, 6.07) is 9.14. The summed E-state index contributed by atoms with van der Waals surface area (Å²) < 4.78 is 0. The lowest BCUT2D eigenvalue weighted by atomic mass is 9.84. The van der Waals surface area contributed by atoms with Gasteiger partial charge < -0.3 is 5.32 Å². The van der Waals surface area contributed by atoms with E-state index in [-0.39, 0.29) is 11.9 Å². The molecule has 1 N–H and O–H groups in total. The molecule has 0 spiro atoms. The lowest BCUT2D eigenvalue weighted by Crippen LogP contribution is -2.40. The number of rotatable bonds is 3. The molecule has 20 heavy (non-hydrogen) atoms. The summed E-state index contributed by atoms with van der Waals surface area (Å²) in [7, 11) is 0. The third-order valence-corrected chi connectivity index (χ3v) is 5.07. The van der Waals surface area contributed by atoms with E-state index in [9.17, 15) is 4.79 Å². The summed E-state index contributed by atoms with van der Waals surface area (Å²) in [5.74, 6) is 2.34. The Kier molecular flexibility index (Phi) is 3.48. The number of carbonyl (C=O) groups excluding carboxylic acids is 1. The largest absolute Gasteiger partial charge is 0.349 e. The molecule has 1 aromatic carbocycles. The van der Waals surface area contributed by atoms with Crippen molar-refractivity contribution in [3.05, 3.63) is 35.4 Å². The summed E-state index contributed by atoms with van der Waals surface area (Å²) in [5, 5.41) is 11.9. The minimum Gasteiger partial charge on any atom is -0.349 e. The fraction of sp³-hybridized carbons (Fsp3) is 0.529. The van der Waals surface area contributed by atoms with Crippen molar-refractivity contribution < 1.29 is 4.79 Å². The normalized spacial score (nSPS) is 28.9. The lowest BCUT2D eigenvalue weighted by molar-refractivity contribution is 0.0915. The molecule has 3 heteroatoms. The van der Waals surface area contributed by atoms with E-state index >= 15 is 0 Å². The van der Waals surface area contributed by atoms with Gasteiger partial charge in [-0.2, -0.15) is 5.26 Å². The predicted octanol–water partition coefficient (Wildman–Crippen LogP) is 3.11. The van der Waals surface area contributed by atoms with Gasteiger partial charge in [0.25, 0.3) is 5.91 Å². The molecule has 0 saturated heterocycles. The Morgan fingerprint density at radius 1 is 1.30 bits per heavy atom. The summed E-state index contributed by atoms with van der Waals surface area (Å²) in [6.45, 7) is 2.13. The topological polar surface area (TPSA) is 52.9 Å². The second kappa shape index (κ2) is 5.28. The number of hydrogen-bond donors (Lipinski definition) is 1. The number of hydrogen-bond acceptors (Lipinski definition) is 2. The molecule has 0 aliphatic heterocycles. The first-order chi connectivity index (χ1) is 9.67. The van der Waals surface area contributed by atoms with Crippen molar-refractivity contribution >= 4 is 5.91 Å². The zero-order chi connectivity index (χ0) is 14.1. The molecular weight excluding hydrogens is 248 g/mol. The summed E-state index contributed by atoms with van der Waals surface area (Å²) >= 11 is 0. The number of benzene rings is 1. The van der Waals surface area contributed by atoms with Crippen LogP contribution in [0.1, 0.15) is 48.5 Å². The van der Waals surface area contributed by atoms with Crippen LogP contribution in [-0.2, 0) is 0 Å². The Balaban J connectivity index is 1.62. The first-order valence-corrected chi connectivity index (χ1v) is 7.48. The molecule has 0 heterocycles. The summed E-state index contributed by atoms with van der Waals surface area (Å²) in [6.07, 6.45) is 5.37. The number of carbonyl (C=O) groups is 1. The van der Waals surface area contributed by atoms with Gasteiger partial charge in [0.15, 0.2) is 0 Å². The van der Waals surface area contributed by atoms with Gasteiger partial charge in [0.1, 0.15) is 0 Å². The van der Waals surface area contributed by atoms with Gasteiger partial charge in [0.05, 0.1) is 11.6 Å². The van der Waals surface area contributed by atoms with Gasteiger partial charge >= 0.3 is 0 Å². The van der Waals surface area contributed by atoms with Crippen LogP contribution in [0.3, 0.4) is 0 Å². The molecule has 0 radical (unpaired) electrons. The zero-order valence-corrected chi connectivity index (χ0v) is 11.8. The number of nitrogens with one attached hydrogen (secondary N) is 1. The van der Waals surface area contributed by atoms with E-state index in [4.69, 9.17) is 5.26 Å². The molecular formula is C17H20N2O. The highest BCUT2D eigenvalue weighted by Crippen LogP contribution is 2.49. The molecule has 4 atom stereocenters. The van der Waals surface area contributed by atoms with E-state index in [0.717, 1.165) is 11.8 Å². The van der Waals surface area contributed by atoms with Gasteiger partial charge in [0, 0.05) is 11.6 Å². The van der Waals surface area contributed by atoms with Crippen LogP contribution in [0.25, 0.3) is 0 Å². The van der Waals surface area contributed by atoms with Crippen LogP contribution in [0.5, 0.6) is 0 Å². The first kappa shape index (κ1) is 13.2. The van der Waals surface area contributed by atoms with Crippen LogP contribution < -0.4 is 5.32 Å². The highest BCUT2D eigenvalue weighted by molar-refractivity contribution is 5.94. The fourth-order valence-corrected chi connectivity index (χ4v) is 4.00. The Labute approximate surface area is 120 Å². The van der Waals surface area contributed by atoms with Gasteiger partial charge in [-0.25, -0.2) is 0 Å². The van der Waals surface area contributed by atoms with Gasteiger partial charge in [-0.15, -0.1) is 0 Å². The van der Waals surface area contributed by atoms with E-state index in [1.807, 2.05) is 0 Å². The molecule has 0 unspecified atom stereocenters. The highest BCUT2D eigenvalue weighted by atomic mass is 16.1. The third-order valence-electron chi connectivity index (χ3n) is 5.07. The van der Waals surface area contributed by atoms with Crippen LogP contribution in [0, 0.1) is 29.1 Å². The molecule has 1 aromatic rings. The molecule has 2 bridgehead atoms. The monoisotopic (exact) mass is 268 g/mol. The van der Waals surface area contributed by atoms with Crippen molar-refractivity contribution in [3.8, 4) is 6.07 Å². The highest BCUT2D eigenvalue weighted by Gasteiger charge is 2.42. The standard InChI is InChI=1S/C17H20N2O/c1-11(16-9-13-4-7-15(16)8-13)19-17(20)14-5-2-12(10-18)3-6-14/h2-3,5-6,11,13,15-16H,4,7-9H2,1H3,(H,19,20)/t11-,13-,15-,16-/m0/s1. The van der Waals surface area contributed by atoms with Crippen molar-refractivity contribution in [2.75, 3.05) is 0 Å². The van der Waals surface area contributed by atoms with Crippen molar-refractivity contribution in [2.45, 2.75) is 38.6 Å².